The molecule has 0 saturated carbocycles. The second kappa shape index (κ2) is 9.94. The number of allylic oxidation sites excluding steroid dienone is 1. The van der Waals surface area contributed by atoms with E-state index in [-0.39, 0.29) is 11.3 Å². The number of likely N-dealkylation sites (tertiary alicyclic amines) is 2. The Morgan fingerprint density at radius 3 is 2.62 bits per heavy atom. The Labute approximate surface area is 197 Å². The van der Waals surface area contributed by atoms with Crippen molar-refractivity contribution >= 4 is 17.5 Å². The van der Waals surface area contributed by atoms with Crippen LogP contribution in [-0.4, -0.2) is 41.9 Å². The number of amides is 1. The normalized spacial score (nSPS) is 19.6. The Balaban J connectivity index is 1.41. The van der Waals surface area contributed by atoms with Gasteiger partial charge in [-0.25, -0.2) is 0 Å². The summed E-state index contributed by atoms with van der Waals surface area (Å²) >= 11 is 6.07. The smallest absolute Gasteiger partial charge is 0.253 e. The average molecular weight is 447 g/mol. The average Bonchev–Trinajstić information content (AvgIpc) is 3.27. The molecule has 0 atom stereocenters. The van der Waals surface area contributed by atoms with E-state index in [0.29, 0.717) is 23.7 Å². The molecule has 1 amide bonds. The van der Waals surface area contributed by atoms with E-state index in [9.17, 15) is 4.79 Å². The summed E-state index contributed by atoms with van der Waals surface area (Å²) in [6.07, 6.45) is 5.52. The van der Waals surface area contributed by atoms with Gasteiger partial charge in [-0.2, -0.15) is 0 Å². The van der Waals surface area contributed by atoms with E-state index in [4.69, 9.17) is 11.6 Å². The fourth-order valence-electron chi connectivity index (χ4n) is 4.65. The molecule has 0 N–H and O–H groups in total. The van der Waals surface area contributed by atoms with Crippen LogP contribution in [0.2, 0.25) is 5.02 Å². The lowest BCUT2D eigenvalue weighted by molar-refractivity contribution is 0.0663. The summed E-state index contributed by atoms with van der Waals surface area (Å²) in [5, 5.41) is 0.590. The van der Waals surface area contributed by atoms with E-state index < -0.39 is 0 Å². The first-order chi connectivity index (χ1) is 15.4. The summed E-state index contributed by atoms with van der Waals surface area (Å²) in [7, 11) is 0. The molecule has 4 rings (SSSR count). The molecule has 166 valence electrons. The summed E-state index contributed by atoms with van der Waals surface area (Å²) in [6, 6.07) is 15.8. The molecule has 2 aromatic rings. The maximum Gasteiger partial charge on any atom is 0.253 e. The van der Waals surface area contributed by atoms with E-state index >= 15 is 0 Å². The molecule has 0 unspecified atom stereocenters. The van der Waals surface area contributed by atoms with Crippen LogP contribution in [0.3, 0.4) is 0 Å². The van der Waals surface area contributed by atoms with Crippen molar-refractivity contribution in [3.8, 4) is 11.8 Å². The van der Waals surface area contributed by atoms with Gasteiger partial charge in [0.25, 0.3) is 5.91 Å². The summed E-state index contributed by atoms with van der Waals surface area (Å²) in [5.41, 5.74) is 4.23. The number of hydrogen-bond donors (Lipinski definition) is 0. The van der Waals surface area contributed by atoms with Crippen LogP contribution in [0, 0.1) is 17.3 Å². The van der Waals surface area contributed by atoms with Crippen LogP contribution in [-0.2, 0) is 6.54 Å². The van der Waals surface area contributed by atoms with Crippen LogP contribution < -0.4 is 0 Å². The molecule has 0 bridgehead atoms. The van der Waals surface area contributed by atoms with Gasteiger partial charge in [0.2, 0.25) is 0 Å². The van der Waals surface area contributed by atoms with E-state index in [1.165, 1.54) is 37.1 Å². The highest BCUT2D eigenvalue weighted by Gasteiger charge is 2.33. The third-order valence-electron chi connectivity index (χ3n) is 6.46. The third-order valence-corrected chi connectivity index (χ3v) is 6.70. The van der Waals surface area contributed by atoms with Crippen molar-refractivity contribution in [1.82, 2.24) is 9.80 Å². The van der Waals surface area contributed by atoms with Crippen molar-refractivity contribution in [2.24, 2.45) is 5.41 Å². The number of carbonyl (C=O) groups excluding carboxylic acids is 1. The van der Waals surface area contributed by atoms with Gasteiger partial charge in [-0.3, -0.25) is 9.69 Å². The molecule has 2 heterocycles. The highest BCUT2D eigenvalue weighted by molar-refractivity contribution is 6.30. The number of benzene rings is 2. The molecule has 2 aliphatic rings. The molecule has 0 spiro atoms. The maximum absolute atomic E-state index is 12.9. The first-order valence-electron chi connectivity index (χ1n) is 11.5. The molecule has 2 saturated heterocycles. The number of halogens is 1. The highest BCUT2D eigenvalue weighted by atomic mass is 35.5. The predicted octanol–water partition coefficient (Wildman–Crippen LogP) is 5.79. The highest BCUT2D eigenvalue weighted by Crippen LogP contribution is 2.34. The molecule has 0 aliphatic carbocycles. The molecular weight excluding hydrogens is 416 g/mol. The largest absolute Gasteiger partial charge is 0.337 e. The van der Waals surface area contributed by atoms with Gasteiger partial charge in [0, 0.05) is 41.2 Å². The Hall–Kier alpha value is -2.54. The van der Waals surface area contributed by atoms with Crippen LogP contribution in [0.4, 0.5) is 0 Å². The fourth-order valence-corrected chi connectivity index (χ4v) is 4.84. The first kappa shape index (κ1) is 22.6. The van der Waals surface area contributed by atoms with Gasteiger partial charge >= 0.3 is 0 Å². The predicted molar refractivity (Wildman–Crippen MR) is 132 cm³/mol. The van der Waals surface area contributed by atoms with E-state index in [2.05, 4.69) is 60.9 Å². The van der Waals surface area contributed by atoms with Crippen molar-refractivity contribution in [3.63, 3.8) is 0 Å². The van der Waals surface area contributed by atoms with Gasteiger partial charge in [-0.15, -0.1) is 0 Å². The zero-order valence-corrected chi connectivity index (χ0v) is 19.8. The van der Waals surface area contributed by atoms with Crippen LogP contribution in [0.15, 0.2) is 60.2 Å². The monoisotopic (exact) mass is 446 g/mol. The third kappa shape index (κ3) is 5.63. The number of piperidine rings is 1. The van der Waals surface area contributed by atoms with Gasteiger partial charge in [0.1, 0.15) is 0 Å². The Bertz CT molecular complexity index is 1070. The Morgan fingerprint density at radius 2 is 1.88 bits per heavy atom. The maximum atomic E-state index is 12.9. The van der Waals surface area contributed by atoms with Crippen LogP contribution >= 0.6 is 11.6 Å². The van der Waals surface area contributed by atoms with E-state index in [0.717, 1.165) is 18.5 Å². The lowest BCUT2D eigenvalue weighted by atomic mass is 9.78. The fraction of sp³-hybridized carbons (Fsp3) is 0.393. The van der Waals surface area contributed by atoms with Gasteiger partial charge in [-0.05, 0) is 74.3 Å². The molecular formula is C28H31ClN2O. The molecule has 32 heavy (non-hydrogen) atoms. The Morgan fingerprint density at radius 1 is 1.09 bits per heavy atom. The molecule has 2 aliphatic heterocycles. The van der Waals surface area contributed by atoms with Crippen LogP contribution in [0.25, 0.3) is 0 Å². The minimum atomic E-state index is -0.112. The topological polar surface area (TPSA) is 23.6 Å². The van der Waals surface area contributed by atoms with Crippen molar-refractivity contribution in [2.45, 2.75) is 39.7 Å². The zero-order valence-electron chi connectivity index (χ0n) is 19.0. The summed E-state index contributed by atoms with van der Waals surface area (Å²) in [6.45, 7) is 9.18. The van der Waals surface area contributed by atoms with Crippen molar-refractivity contribution in [1.29, 1.82) is 0 Å². The minimum absolute atomic E-state index is 0.0422. The molecule has 4 heteroatoms. The van der Waals surface area contributed by atoms with Crippen molar-refractivity contribution < 1.29 is 4.79 Å². The lowest BCUT2D eigenvalue weighted by Gasteiger charge is -2.40. The van der Waals surface area contributed by atoms with Gasteiger partial charge in [-0.1, -0.05) is 61.1 Å². The minimum Gasteiger partial charge on any atom is -0.337 e. The number of rotatable bonds is 3. The van der Waals surface area contributed by atoms with E-state index in [1.807, 2.05) is 17.0 Å². The van der Waals surface area contributed by atoms with E-state index in [1.54, 1.807) is 12.1 Å². The first-order valence-corrected chi connectivity index (χ1v) is 11.9. The van der Waals surface area contributed by atoms with Crippen LogP contribution in [0.5, 0.6) is 0 Å². The number of carbonyl (C=O) groups is 1. The number of nitrogens with zero attached hydrogens (tertiary/aromatic N) is 2. The van der Waals surface area contributed by atoms with Gasteiger partial charge in [0.05, 0.1) is 0 Å². The molecule has 2 aromatic carbocycles. The lowest BCUT2D eigenvalue weighted by Crippen LogP contribution is -2.44. The summed E-state index contributed by atoms with van der Waals surface area (Å²) < 4.78 is 0. The summed E-state index contributed by atoms with van der Waals surface area (Å²) in [4.78, 5) is 17.4. The van der Waals surface area contributed by atoms with Gasteiger partial charge in [0.15, 0.2) is 0 Å². The van der Waals surface area contributed by atoms with Crippen LogP contribution in [0.1, 0.15) is 54.6 Å². The quantitative estimate of drug-likeness (QED) is 0.557. The second-order valence-corrected chi connectivity index (χ2v) is 9.93. The standard InChI is InChI=1S/C28H31ClN2O/c1-28(2)21-31(27(32)24-11-7-13-26(29)19-24)17-14-25(28)12-6-9-22-8-5-10-23(18-22)20-30-15-3-4-16-30/h5,7-8,10-13,18-19H,3-4,14-17,20-21H2,1-2H3/b25-12+. The SMILES string of the molecule is CC1(C)CN(C(=O)c2cccc(Cl)c2)CC/C1=C\C#Cc1cccc(CN2CCCC2)c1. The molecule has 0 aromatic heterocycles. The van der Waals surface area contributed by atoms with Gasteiger partial charge < -0.3 is 4.90 Å². The second-order valence-electron chi connectivity index (χ2n) is 9.49. The van der Waals surface area contributed by atoms with Crippen molar-refractivity contribution in [3.05, 3.63) is 81.9 Å². The number of hydrogen-bond acceptors (Lipinski definition) is 2. The Kier molecular flexibility index (Phi) is 7.04. The molecule has 3 nitrogen and oxygen atoms in total. The zero-order chi connectivity index (χ0) is 22.6. The molecule has 2 fully saturated rings. The molecule has 0 radical (unpaired) electrons. The van der Waals surface area contributed by atoms with Crippen molar-refractivity contribution in [2.75, 3.05) is 26.2 Å². The summed E-state index contributed by atoms with van der Waals surface area (Å²) in [5.74, 6) is 6.65.